The van der Waals surface area contributed by atoms with Crippen molar-refractivity contribution in [2.75, 3.05) is 44.6 Å². The molecule has 1 aromatic rings. The molecule has 3 heterocycles. The van der Waals surface area contributed by atoms with Crippen LogP contribution in [-0.2, 0) is 0 Å². The Hall–Kier alpha value is -2.10. The average molecular weight is 370 g/mol. The molecule has 0 spiro atoms. The summed E-state index contributed by atoms with van der Waals surface area (Å²) in [5, 5.41) is 14.8. The monoisotopic (exact) mass is 369 g/mol. The number of hydrogen-bond acceptors (Lipinski definition) is 4. The van der Waals surface area contributed by atoms with Gasteiger partial charge < -0.3 is 15.5 Å². The maximum atomic E-state index is 12.2. The van der Waals surface area contributed by atoms with E-state index in [1.165, 1.54) is 19.4 Å². The van der Waals surface area contributed by atoms with Crippen LogP contribution in [0.5, 0.6) is 0 Å². The van der Waals surface area contributed by atoms with Gasteiger partial charge in [0.05, 0.1) is 11.6 Å². The van der Waals surface area contributed by atoms with Crippen molar-refractivity contribution in [1.29, 1.82) is 5.26 Å². The maximum Gasteiger partial charge on any atom is 0.319 e. The van der Waals surface area contributed by atoms with E-state index in [4.69, 9.17) is 5.26 Å². The van der Waals surface area contributed by atoms with Gasteiger partial charge in [-0.05, 0) is 62.5 Å². The summed E-state index contributed by atoms with van der Waals surface area (Å²) in [5.41, 5.74) is 1.19. The summed E-state index contributed by atoms with van der Waals surface area (Å²) in [5.74, 6) is 1.54. The molecule has 0 aliphatic carbocycles. The zero-order chi connectivity index (χ0) is 19.2. The Morgan fingerprint density at radius 2 is 2.19 bits per heavy atom. The normalized spacial score (nSPS) is 26.6. The van der Waals surface area contributed by atoms with Gasteiger partial charge in [-0.1, -0.05) is 19.9 Å². The lowest BCUT2D eigenvalue weighted by molar-refractivity contribution is -0.00977. The van der Waals surface area contributed by atoms with Gasteiger partial charge in [-0.15, -0.1) is 0 Å². The first-order chi connectivity index (χ1) is 13.1. The summed E-state index contributed by atoms with van der Waals surface area (Å²) < 4.78 is 0. The second-order valence-electron chi connectivity index (χ2n) is 7.71. The summed E-state index contributed by atoms with van der Waals surface area (Å²) in [4.78, 5) is 17.3. The molecule has 2 amide bonds. The fourth-order valence-corrected chi connectivity index (χ4v) is 4.53. The Bertz CT molecular complexity index is 681. The third kappa shape index (κ3) is 5.00. The van der Waals surface area contributed by atoms with E-state index >= 15 is 0 Å². The topological polar surface area (TPSA) is 71.4 Å². The standard InChI is InChI=1S/C21H31N5O/c1-3-25(4-2)14-18-15-26-9-8-17(18)11-20(26)13-23-21(27)24-19-7-5-6-16(10-19)12-22/h5-7,10,17-18,20H,3-4,8-9,11,13-15H2,1-2H3,(H2,23,24,27)/t17-,18-,20+/m0/s1. The summed E-state index contributed by atoms with van der Waals surface area (Å²) in [6.07, 6.45) is 2.46. The Balaban J connectivity index is 1.47. The van der Waals surface area contributed by atoms with Crippen molar-refractivity contribution in [2.45, 2.75) is 32.7 Å². The first-order valence-corrected chi connectivity index (χ1v) is 10.1. The van der Waals surface area contributed by atoms with E-state index in [0.717, 1.165) is 38.0 Å². The highest BCUT2D eigenvalue weighted by Gasteiger charge is 2.40. The van der Waals surface area contributed by atoms with Crippen LogP contribution in [0.15, 0.2) is 24.3 Å². The predicted molar refractivity (Wildman–Crippen MR) is 108 cm³/mol. The van der Waals surface area contributed by atoms with Gasteiger partial charge in [-0.2, -0.15) is 5.26 Å². The number of urea groups is 1. The van der Waals surface area contributed by atoms with E-state index in [1.54, 1.807) is 24.3 Å². The van der Waals surface area contributed by atoms with Crippen LogP contribution in [-0.4, -0.2) is 61.1 Å². The number of carbonyl (C=O) groups is 1. The van der Waals surface area contributed by atoms with Gasteiger partial charge in [-0.25, -0.2) is 4.79 Å². The number of amides is 2. The van der Waals surface area contributed by atoms with Gasteiger partial charge in [0, 0.05) is 31.4 Å². The van der Waals surface area contributed by atoms with E-state index in [2.05, 4.69) is 40.4 Å². The molecule has 3 saturated heterocycles. The number of rotatable bonds is 7. The number of benzene rings is 1. The molecule has 3 aliphatic rings. The Morgan fingerprint density at radius 1 is 1.37 bits per heavy atom. The van der Waals surface area contributed by atoms with Gasteiger partial charge in [0.25, 0.3) is 0 Å². The summed E-state index contributed by atoms with van der Waals surface area (Å²) >= 11 is 0. The number of anilines is 1. The lowest BCUT2D eigenvalue weighted by Gasteiger charge is -2.50. The van der Waals surface area contributed by atoms with E-state index in [9.17, 15) is 4.79 Å². The zero-order valence-electron chi connectivity index (χ0n) is 16.4. The number of nitrogens with one attached hydrogen (secondary N) is 2. The van der Waals surface area contributed by atoms with Crippen molar-refractivity contribution in [2.24, 2.45) is 11.8 Å². The molecule has 2 N–H and O–H groups in total. The highest BCUT2D eigenvalue weighted by Crippen LogP contribution is 2.36. The minimum atomic E-state index is -0.201. The molecule has 3 fully saturated rings. The maximum absolute atomic E-state index is 12.2. The first kappa shape index (κ1) is 19.7. The molecular weight excluding hydrogens is 338 g/mol. The van der Waals surface area contributed by atoms with Crippen LogP contribution in [0.25, 0.3) is 0 Å². The molecule has 146 valence electrons. The molecule has 0 radical (unpaired) electrons. The van der Waals surface area contributed by atoms with Crippen LogP contribution in [0, 0.1) is 23.2 Å². The molecule has 6 heteroatoms. The van der Waals surface area contributed by atoms with Crippen molar-refractivity contribution < 1.29 is 4.79 Å². The third-order valence-electron chi connectivity index (χ3n) is 6.15. The fraction of sp³-hybridized carbons (Fsp3) is 0.619. The first-order valence-electron chi connectivity index (χ1n) is 10.1. The molecule has 2 bridgehead atoms. The van der Waals surface area contributed by atoms with Crippen LogP contribution >= 0.6 is 0 Å². The molecule has 27 heavy (non-hydrogen) atoms. The van der Waals surface area contributed by atoms with Crippen LogP contribution in [0.2, 0.25) is 0 Å². The van der Waals surface area contributed by atoms with Crippen molar-refractivity contribution in [3.05, 3.63) is 29.8 Å². The van der Waals surface area contributed by atoms with Gasteiger partial charge >= 0.3 is 6.03 Å². The van der Waals surface area contributed by atoms with E-state index in [-0.39, 0.29) is 6.03 Å². The van der Waals surface area contributed by atoms with Gasteiger partial charge in [0.2, 0.25) is 0 Å². The van der Waals surface area contributed by atoms with Gasteiger partial charge in [0.15, 0.2) is 0 Å². The molecule has 1 aromatic carbocycles. The molecule has 4 atom stereocenters. The minimum absolute atomic E-state index is 0.201. The van der Waals surface area contributed by atoms with Crippen molar-refractivity contribution in [3.8, 4) is 6.07 Å². The van der Waals surface area contributed by atoms with Crippen LogP contribution in [0.3, 0.4) is 0 Å². The molecule has 0 aromatic heterocycles. The Labute approximate surface area is 162 Å². The number of nitriles is 1. The highest BCUT2D eigenvalue weighted by molar-refractivity contribution is 5.89. The Morgan fingerprint density at radius 3 is 2.85 bits per heavy atom. The lowest BCUT2D eigenvalue weighted by Crippen LogP contribution is -2.58. The van der Waals surface area contributed by atoms with Crippen LogP contribution in [0.4, 0.5) is 10.5 Å². The van der Waals surface area contributed by atoms with Gasteiger partial charge in [-0.3, -0.25) is 4.90 Å². The average Bonchev–Trinajstić information content (AvgIpc) is 2.71. The SMILES string of the molecule is CCN(CC)C[C@H]1CN2CC[C@H]1C[C@@H]2CNC(=O)Nc1cccc(C#N)c1. The molecule has 1 unspecified atom stereocenters. The molecule has 3 aliphatic heterocycles. The molecule has 0 saturated carbocycles. The van der Waals surface area contributed by atoms with Gasteiger partial charge in [0.1, 0.15) is 0 Å². The third-order valence-corrected chi connectivity index (χ3v) is 6.15. The second-order valence-corrected chi connectivity index (χ2v) is 7.71. The Kier molecular flexibility index (Phi) is 6.70. The summed E-state index contributed by atoms with van der Waals surface area (Å²) in [6, 6.07) is 9.30. The molecular formula is C21H31N5O. The van der Waals surface area contributed by atoms with E-state index in [1.807, 2.05) is 0 Å². The summed E-state index contributed by atoms with van der Waals surface area (Å²) in [7, 11) is 0. The number of piperidine rings is 3. The molecule has 6 nitrogen and oxygen atoms in total. The number of nitrogens with zero attached hydrogens (tertiary/aromatic N) is 3. The quantitative estimate of drug-likeness (QED) is 0.775. The largest absolute Gasteiger partial charge is 0.336 e. The van der Waals surface area contributed by atoms with Crippen molar-refractivity contribution >= 4 is 11.7 Å². The lowest BCUT2D eigenvalue weighted by atomic mass is 9.75. The van der Waals surface area contributed by atoms with Crippen LogP contribution in [0.1, 0.15) is 32.3 Å². The van der Waals surface area contributed by atoms with E-state index < -0.39 is 0 Å². The zero-order valence-corrected chi connectivity index (χ0v) is 16.4. The minimum Gasteiger partial charge on any atom is -0.336 e. The van der Waals surface area contributed by atoms with E-state index in [0.29, 0.717) is 23.8 Å². The molecule has 4 rings (SSSR count). The van der Waals surface area contributed by atoms with Crippen molar-refractivity contribution in [1.82, 2.24) is 15.1 Å². The smallest absolute Gasteiger partial charge is 0.319 e. The second kappa shape index (κ2) is 9.20. The summed E-state index contributed by atoms with van der Waals surface area (Å²) in [6.45, 7) is 10.9. The fourth-order valence-electron chi connectivity index (χ4n) is 4.53. The number of hydrogen-bond donors (Lipinski definition) is 2. The van der Waals surface area contributed by atoms with Crippen LogP contribution < -0.4 is 10.6 Å². The predicted octanol–water partition coefficient (Wildman–Crippen LogP) is 2.73. The highest BCUT2D eigenvalue weighted by atomic mass is 16.2. The number of fused-ring (bicyclic) bond motifs is 3. The number of carbonyl (C=O) groups excluding carboxylic acids is 1. The van der Waals surface area contributed by atoms with Crippen molar-refractivity contribution in [3.63, 3.8) is 0 Å².